The molecule has 2 fully saturated rings. The van der Waals surface area contributed by atoms with E-state index in [1.165, 1.54) is 14.0 Å². The van der Waals surface area contributed by atoms with Crippen LogP contribution in [0.3, 0.4) is 0 Å². The fourth-order valence-corrected chi connectivity index (χ4v) is 4.70. The summed E-state index contributed by atoms with van der Waals surface area (Å²) in [4.78, 5) is 21.6. The van der Waals surface area contributed by atoms with Gasteiger partial charge >= 0.3 is 13.2 Å². The molecule has 3 heterocycles. The number of rotatable bonds is 7. The van der Waals surface area contributed by atoms with Crippen LogP contribution in [0, 0.1) is 0 Å². The van der Waals surface area contributed by atoms with Crippen molar-refractivity contribution >= 4 is 18.7 Å². The molecule has 11 heteroatoms. The molecule has 1 amide bonds. The van der Waals surface area contributed by atoms with Crippen molar-refractivity contribution in [1.29, 1.82) is 0 Å². The Kier molecular flexibility index (Phi) is 7.50. The Hall–Kier alpha value is -2.44. The first-order valence-corrected chi connectivity index (χ1v) is 12.4. The van der Waals surface area contributed by atoms with Gasteiger partial charge in [-0.05, 0) is 58.5 Å². The number of hydrogen-bond acceptors (Lipinski definition) is 8. The number of aromatic amines is 1. The first-order valence-electron chi connectivity index (χ1n) is 12.4. The maximum absolute atomic E-state index is 11.7. The highest BCUT2D eigenvalue weighted by atomic mass is 16.7. The van der Waals surface area contributed by atoms with Gasteiger partial charge in [0.15, 0.2) is 0 Å². The van der Waals surface area contributed by atoms with Crippen LogP contribution in [-0.4, -0.2) is 81.5 Å². The molecule has 4 N–H and O–H groups in total. The van der Waals surface area contributed by atoms with Crippen molar-refractivity contribution in [2.75, 3.05) is 13.7 Å². The third-order valence-corrected chi connectivity index (χ3v) is 7.60. The Labute approximate surface area is 212 Å². The van der Waals surface area contributed by atoms with E-state index in [1.54, 1.807) is 6.20 Å². The number of methoxy groups -OCH3 is 1. The minimum absolute atomic E-state index is 0.182. The normalized spacial score (nSPS) is 23.9. The number of imidazole rings is 1. The summed E-state index contributed by atoms with van der Waals surface area (Å²) in [5.74, 6) is 0.721. The van der Waals surface area contributed by atoms with Gasteiger partial charge in [0.2, 0.25) is 0 Å². The number of H-pyrrole nitrogens is 1. The van der Waals surface area contributed by atoms with Gasteiger partial charge in [0.05, 0.1) is 48.4 Å². The molecule has 0 aliphatic carbocycles. The van der Waals surface area contributed by atoms with Crippen molar-refractivity contribution < 1.29 is 29.1 Å². The van der Waals surface area contributed by atoms with E-state index in [0.717, 1.165) is 35.4 Å². The van der Waals surface area contributed by atoms with Crippen LogP contribution < -0.4 is 10.8 Å². The summed E-state index contributed by atoms with van der Waals surface area (Å²) >= 11 is 0. The Bertz CT molecular complexity index is 1040. The van der Waals surface area contributed by atoms with Crippen LogP contribution in [-0.2, 0) is 14.0 Å². The van der Waals surface area contributed by atoms with Crippen LogP contribution in [0.5, 0.6) is 0 Å². The third-order valence-electron chi connectivity index (χ3n) is 7.60. The van der Waals surface area contributed by atoms with Crippen LogP contribution in [0.15, 0.2) is 30.5 Å². The van der Waals surface area contributed by atoms with Gasteiger partial charge in [-0.15, -0.1) is 0 Å². The standard InChI is InChI=1S/C25H37BN4O6/c1-15(31)20(29-23(33)34-6)22(32)30-13-7-8-19(30)21-27-14-18(28-21)16-9-11-17(12-10-16)26-35-24(2,3)25(4,5)36-26/h9-12,14-15,19-20,22,31-32H,7-8,13H2,1-6H3,(H,27,28)(H,29,33)/t15-,19+,20+,22?/m1/s1. The van der Waals surface area contributed by atoms with Crippen molar-refractivity contribution in [3.05, 3.63) is 36.3 Å². The van der Waals surface area contributed by atoms with Crippen LogP contribution in [0.2, 0.25) is 0 Å². The molecule has 4 atom stereocenters. The molecule has 4 rings (SSSR count). The molecule has 1 unspecified atom stereocenters. The van der Waals surface area contributed by atoms with E-state index in [2.05, 4.69) is 20.0 Å². The van der Waals surface area contributed by atoms with Crippen molar-refractivity contribution in [2.45, 2.75) is 83.1 Å². The van der Waals surface area contributed by atoms with Crippen LogP contribution >= 0.6 is 0 Å². The second-order valence-electron chi connectivity index (χ2n) is 10.6. The number of nitrogens with zero attached hydrogens (tertiary/aromatic N) is 2. The summed E-state index contributed by atoms with van der Waals surface area (Å²) in [6.07, 6.45) is 0.626. The van der Waals surface area contributed by atoms with Crippen LogP contribution in [0.4, 0.5) is 4.79 Å². The average molecular weight is 500 g/mol. The summed E-state index contributed by atoms with van der Waals surface area (Å²) in [6, 6.07) is 6.91. The molecule has 0 bridgehead atoms. The number of amides is 1. The number of nitrogens with one attached hydrogen (secondary N) is 2. The number of ether oxygens (including phenoxy) is 1. The van der Waals surface area contributed by atoms with Gasteiger partial charge in [0.25, 0.3) is 0 Å². The molecule has 1 aromatic heterocycles. The smallest absolute Gasteiger partial charge is 0.453 e. The van der Waals surface area contributed by atoms with Gasteiger partial charge in [0.1, 0.15) is 12.1 Å². The second-order valence-corrected chi connectivity index (χ2v) is 10.6. The van der Waals surface area contributed by atoms with Gasteiger partial charge < -0.3 is 34.6 Å². The summed E-state index contributed by atoms with van der Waals surface area (Å²) in [6.45, 7) is 10.3. The van der Waals surface area contributed by atoms with E-state index in [1.807, 2.05) is 56.9 Å². The Morgan fingerprint density at radius 3 is 2.44 bits per heavy atom. The van der Waals surface area contributed by atoms with E-state index in [-0.39, 0.29) is 6.04 Å². The molecule has 36 heavy (non-hydrogen) atoms. The van der Waals surface area contributed by atoms with Gasteiger partial charge in [-0.3, -0.25) is 4.90 Å². The summed E-state index contributed by atoms with van der Waals surface area (Å²) < 4.78 is 16.9. The van der Waals surface area contributed by atoms with Crippen molar-refractivity contribution in [3.63, 3.8) is 0 Å². The van der Waals surface area contributed by atoms with Crippen LogP contribution in [0.1, 0.15) is 59.3 Å². The molecule has 0 radical (unpaired) electrons. The lowest BCUT2D eigenvalue weighted by Gasteiger charge is -2.35. The van der Waals surface area contributed by atoms with Crippen LogP contribution in [0.25, 0.3) is 11.3 Å². The van der Waals surface area contributed by atoms with Gasteiger partial charge in [0, 0.05) is 6.54 Å². The summed E-state index contributed by atoms with van der Waals surface area (Å²) in [7, 11) is 0.821. The lowest BCUT2D eigenvalue weighted by atomic mass is 9.79. The number of aliphatic hydroxyl groups is 2. The van der Waals surface area contributed by atoms with E-state index < -0.39 is 42.8 Å². The predicted molar refractivity (Wildman–Crippen MR) is 135 cm³/mol. The Balaban J connectivity index is 1.48. The topological polar surface area (TPSA) is 129 Å². The number of aromatic nitrogens is 2. The molecule has 1 aromatic carbocycles. The largest absolute Gasteiger partial charge is 0.494 e. The number of aliphatic hydroxyl groups excluding tert-OH is 2. The first kappa shape index (κ1) is 26.6. The summed E-state index contributed by atoms with van der Waals surface area (Å²) in [5, 5.41) is 23.7. The zero-order valence-corrected chi connectivity index (χ0v) is 21.8. The van der Waals surface area contributed by atoms with Gasteiger partial charge in [-0.2, -0.15) is 0 Å². The zero-order valence-electron chi connectivity index (χ0n) is 21.8. The zero-order chi connectivity index (χ0) is 26.3. The third kappa shape index (κ3) is 5.16. The number of benzene rings is 1. The summed E-state index contributed by atoms with van der Waals surface area (Å²) in [5.41, 5.74) is 1.97. The molecule has 0 spiro atoms. The van der Waals surface area contributed by atoms with E-state index in [0.29, 0.717) is 6.54 Å². The van der Waals surface area contributed by atoms with Gasteiger partial charge in [-0.25, -0.2) is 9.78 Å². The fraction of sp³-hybridized carbons (Fsp3) is 0.600. The molecule has 10 nitrogen and oxygen atoms in total. The maximum atomic E-state index is 11.7. The molecule has 0 saturated carbocycles. The van der Waals surface area contributed by atoms with E-state index in [4.69, 9.17) is 9.31 Å². The molecular formula is C25H37BN4O6. The number of carbonyl (C=O) groups is 1. The number of alkyl carbamates (subject to hydrolysis) is 1. The highest BCUT2D eigenvalue weighted by Crippen LogP contribution is 2.37. The fourth-order valence-electron chi connectivity index (χ4n) is 4.70. The number of hydrogen-bond donors (Lipinski definition) is 4. The molecule has 196 valence electrons. The number of carbonyl (C=O) groups excluding carboxylic acids is 1. The molecule has 2 saturated heterocycles. The van der Waals surface area contributed by atoms with Crippen molar-refractivity contribution in [2.24, 2.45) is 0 Å². The molecule has 2 aromatic rings. The predicted octanol–water partition coefficient (Wildman–Crippen LogP) is 1.94. The van der Waals surface area contributed by atoms with Crippen molar-refractivity contribution in [3.8, 4) is 11.3 Å². The molecular weight excluding hydrogens is 463 g/mol. The lowest BCUT2D eigenvalue weighted by Crippen LogP contribution is -2.56. The molecule has 2 aliphatic heterocycles. The quantitative estimate of drug-likeness (QED) is 0.425. The monoisotopic (exact) mass is 500 g/mol. The van der Waals surface area contributed by atoms with Crippen molar-refractivity contribution in [1.82, 2.24) is 20.2 Å². The van der Waals surface area contributed by atoms with Gasteiger partial charge in [-0.1, -0.05) is 24.3 Å². The molecule has 2 aliphatic rings. The highest BCUT2D eigenvalue weighted by molar-refractivity contribution is 6.62. The SMILES string of the molecule is COC(=O)N[C@H](C(O)N1CCC[C@H]1c1ncc(-c2ccc(B3OC(C)(C)C(C)(C)O3)cc2)[nH]1)[C@@H](C)O. The Morgan fingerprint density at radius 2 is 1.86 bits per heavy atom. The highest BCUT2D eigenvalue weighted by Gasteiger charge is 2.51. The lowest BCUT2D eigenvalue weighted by molar-refractivity contribution is -0.0619. The minimum atomic E-state index is -1.11. The Morgan fingerprint density at radius 1 is 1.22 bits per heavy atom. The average Bonchev–Trinajstić information content (AvgIpc) is 3.54. The van der Waals surface area contributed by atoms with E-state index >= 15 is 0 Å². The van der Waals surface area contributed by atoms with E-state index in [9.17, 15) is 15.0 Å². The minimum Gasteiger partial charge on any atom is -0.453 e. The second kappa shape index (κ2) is 10.1. The maximum Gasteiger partial charge on any atom is 0.494 e. The number of likely N-dealkylation sites (tertiary alicyclic amines) is 1. The first-order chi connectivity index (χ1) is 16.9.